The number of anilines is 1. The van der Waals surface area contributed by atoms with Gasteiger partial charge in [0.2, 0.25) is 5.95 Å². The highest BCUT2D eigenvalue weighted by molar-refractivity contribution is 5.87. The fourth-order valence-corrected chi connectivity index (χ4v) is 3.22. The Morgan fingerprint density at radius 3 is 2.96 bits per heavy atom. The smallest absolute Gasteiger partial charge is 0.321 e. The molecule has 0 radical (unpaired) electrons. The molecule has 7 heteroatoms. The van der Waals surface area contributed by atoms with Gasteiger partial charge in [-0.25, -0.2) is 9.48 Å². The predicted octanol–water partition coefficient (Wildman–Crippen LogP) is 2.80. The molecule has 2 aromatic heterocycles. The third kappa shape index (κ3) is 3.55. The van der Waals surface area contributed by atoms with Crippen molar-refractivity contribution in [3.05, 3.63) is 35.9 Å². The van der Waals surface area contributed by atoms with Gasteiger partial charge in [0, 0.05) is 31.0 Å². The van der Waals surface area contributed by atoms with E-state index in [0.717, 1.165) is 37.2 Å². The fourth-order valence-electron chi connectivity index (χ4n) is 3.22. The summed E-state index contributed by atoms with van der Waals surface area (Å²) in [5.74, 6) is 1.17. The number of pyridine rings is 1. The number of urea groups is 1. The van der Waals surface area contributed by atoms with Crippen molar-refractivity contribution in [3.8, 4) is 0 Å². The SMILES string of the molecule is Cc1nc(NC(=O)N2CCC[C@@H]2Cc2cccnc2)nn1C(C)C. The molecule has 1 fully saturated rings. The molecule has 0 bridgehead atoms. The molecule has 1 aliphatic heterocycles. The lowest BCUT2D eigenvalue weighted by Gasteiger charge is -2.24. The van der Waals surface area contributed by atoms with Crippen molar-refractivity contribution < 1.29 is 4.79 Å². The first-order valence-electron chi connectivity index (χ1n) is 8.44. The molecule has 7 nitrogen and oxygen atoms in total. The maximum absolute atomic E-state index is 12.6. The van der Waals surface area contributed by atoms with Gasteiger partial charge in [0.05, 0.1) is 0 Å². The van der Waals surface area contributed by atoms with Crippen LogP contribution >= 0.6 is 0 Å². The summed E-state index contributed by atoms with van der Waals surface area (Å²) in [5, 5.41) is 7.21. The van der Waals surface area contributed by atoms with E-state index in [2.05, 4.69) is 26.4 Å². The van der Waals surface area contributed by atoms with E-state index in [9.17, 15) is 4.79 Å². The molecule has 0 spiro atoms. The zero-order valence-corrected chi connectivity index (χ0v) is 14.4. The summed E-state index contributed by atoms with van der Waals surface area (Å²) in [6.45, 7) is 6.74. The largest absolute Gasteiger partial charge is 0.324 e. The van der Waals surface area contributed by atoms with Crippen LogP contribution in [0.4, 0.5) is 10.7 Å². The van der Waals surface area contributed by atoms with E-state index >= 15 is 0 Å². The number of rotatable bonds is 4. The number of hydrogen-bond acceptors (Lipinski definition) is 4. The Hall–Kier alpha value is -2.44. The fraction of sp³-hybridized carbons (Fsp3) is 0.529. The second kappa shape index (κ2) is 6.98. The molecule has 1 aliphatic rings. The zero-order chi connectivity index (χ0) is 17.1. The van der Waals surface area contributed by atoms with E-state index in [4.69, 9.17) is 0 Å². The topological polar surface area (TPSA) is 75.9 Å². The molecule has 0 saturated carbocycles. The molecule has 2 amide bonds. The van der Waals surface area contributed by atoms with Crippen molar-refractivity contribution in [2.45, 2.75) is 52.1 Å². The number of aromatic nitrogens is 4. The molecule has 3 rings (SSSR count). The van der Waals surface area contributed by atoms with Crippen molar-refractivity contribution in [2.24, 2.45) is 0 Å². The van der Waals surface area contributed by atoms with Gasteiger partial charge in [-0.05, 0) is 51.7 Å². The summed E-state index contributed by atoms with van der Waals surface area (Å²) in [7, 11) is 0. The highest BCUT2D eigenvalue weighted by atomic mass is 16.2. The Balaban J connectivity index is 1.66. The molecular weight excluding hydrogens is 304 g/mol. The van der Waals surface area contributed by atoms with Crippen LogP contribution in [0, 0.1) is 6.92 Å². The lowest BCUT2D eigenvalue weighted by molar-refractivity contribution is 0.206. The van der Waals surface area contributed by atoms with Crippen LogP contribution < -0.4 is 5.32 Å². The average molecular weight is 328 g/mol. The highest BCUT2D eigenvalue weighted by Crippen LogP contribution is 2.22. The molecule has 1 atom stereocenters. The molecule has 0 unspecified atom stereocenters. The standard InChI is InChI=1S/C17H24N6O/c1-12(2)23-13(3)19-16(21-23)20-17(24)22-9-5-7-15(22)10-14-6-4-8-18-11-14/h4,6,8,11-12,15H,5,7,9-10H2,1-3H3,(H,20,21,24)/t15-/m1/s1. The van der Waals surface area contributed by atoms with Crippen molar-refractivity contribution in [1.82, 2.24) is 24.6 Å². The van der Waals surface area contributed by atoms with Gasteiger partial charge in [-0.2, -0.15) is 4.98 Å². The normalized spacial score (nSPS) is 17.5. The van der Waals surface area contributed by atoms with Crippen molar-refractivity contribution >= 4 is 12.0 Å². The first kappa shape index (κ1) is 16.4. The maximum Gasteiger partial charge on any atom is 0.324 e. The summed E-state index contributed by atoms with van der Waals surface area (Å²) in [6, 6.07) is 4.27. The van der Waals surface area contributed by atoms with Crippen LogP contribution in [0.1, 0.15) is 44.1 Å². The summed E-state index contributed by atoms with van der Waals surface area (Å²) < 4.78 is 1.81. The van der Waals surface area contributed by atoms with Crippen LogP contribution in [0.15, 0.2) is 24.5 Å². The monoisotopic (exact) mass is 328 g/mol. The summed E-state index contributed by atoms with van der Waals surface area (Å²) in [6.07, 6.45) is 6.49. The second-order valence-corrected chi connectivity index (χ2v) is 6.51. The van der Waals surface area contributed by atoms with Crippen LogP contribution in [0.3, 0.4) is 0 Å². The third-order valence-corrected chi connectivity index (χ3v) is 4.34. The van der Waals surface area contributed by atoms with Gasteiger partial charge >= 0.3 is 6.03 Å². The molecule has 2 aromatic rings. The third-order valence-electron chi connectivity index (χ3n) is 4.34. The molecule has 3 heterocycles. The minimum Gasteiger partial charge on any atom is -0.321 e. The van der Waals surface area contributed by atoms with Gasteiger partial charge in [0.25, 0.3) is 0 Å². The van der Waals surface area contributed by atoms with Crippen LogP contribution in [0.25, 0.3) is 0 Å². The minimum absolute atomic E-state index is 0.123. The molecule has 0 aromatic carbocycles. The minimum atomic E-state index is -0.123. The van der Waals surface area contributed by atoms with Crippen molar-refractivity contribution in [3.63, 3.8) is 0 Å². The maximum atomic E-state index is 12.6. The van der Waals surface area contributed by atoms with E-state index in [1.807, 2.05) is 42.6 Å². The Morgan fingerprint density at radius 1 is 1.46 bits per heavy atom. The number of amides is 2. The number of carbonyl (C=O) groups excluding carboxylic acids is 1. The van der Waals surface area contributed by atoms with Gasteiger partial charge in [-0.1, -0.05) is 6.07 Å². The lowest BCUT2D eigenvalue weighted by Crippen LogP contribution is -2.40. The van der Waals surface area contributed by atoms with Crippen LogP contribution in [-0.4, -0.2) is 43.3 Å². The molecule has 0 aliphatic carbocycles. The number of aryl methyl sites for hydroxylation is 1. The zero-order valence-electron chi connectivity index (χ0n) is 14.4. The summed E-state index contributed by atoms with van der Waals surface area (Å²) in [4.78, 5) is 23.0. The van der Waals surface area contributed by atoms with Crippen molar-refractivity contribution in [1.29, 1.82) is 0 Å². The molecular formula is C17H24N6O. The van der Waals surface area contributed by atoms with Crippen LogP contribution in [0.5, 0.6) is 0 Å². The molecule has 24 heavy (non-hydrogen) atoms. The quantitative estimate of drug-likeness (QED) is 0.936. The highest BCUT2D eigenvalue weighted by Gasteiger charge is 2.29. The van der Waals surface area contributed by atoms with Gasteiger partial charge in [-0.15, -0.1) is 5.10 Å². The summed E-state index contributed by atoms with van der Waals surface area (Å²) in [5.41, 5.74) is 1.15. The van der Waals surface area contributed by atoms with E-state index in [1.54, 1.807) is 6.20 Å². The predicted molar refractivity (Wildman–Crippen MR) is 91.8 cm³/mol. The van der Waals surface area contributed by atoms with Crippen LogP contribution in [-0.2, 0) is 6.42 Å². The van der Waals surface area contributed by atoms with E-state index < -0.39 is 0 Å². The lowest BCUT2D eigenvalue weighted by atomic mass is 10.1. The van der Waals surface area contributed by atoms with E-state index in [0.29, 0.717) is 5.95 Å². The molecule has 1 saturated heterocycles. The second-order valence-electron chi connectivity index (χ2n) is 6.51. The van der Waals surface area contributed by atoms with Gasteiger partial charge in [-0.3, -0.25) is 10.3 Å². The average Bonchev–Trinajstić information content (AvgIpc) is 3.15. The number of nitrogens with zero attached hydrogens (tertiary/aromatic N) is 5. The van der Waals surface area contributed by atoms with Gasteiger partial charge < -0.3 is 4.90 Å². The molecule has 1 N–H and O–H groups in total. The number of carbonyl (C=O) groups is 1. The Morgan fingerprint density at radius 2 is 2.29 bits per heavy atom. The summed E-state index contributed by atoms with van der Waals surface area (Å²) >= 11 is 0. The van der Waals surface area contributed by atoms with Crippen molar-refractivity contribution in [2.75, 3.05) is 11.9 Å². The van der Waals surface area contributed by atoms with E-state index in [-0.39, 0.29) is 18.1 Å². The van der Waals surface area contributed by atoms with Gasteiger partial charge in [0.15, 0.2) is 0 Å². The first-order chi connectivity index (χ1) is 11.5. The Kier molecular flexibility index (Phi) is 4.78. The van der Waals surface area contributed by atoms with Crippen LogP contribution in [0.2, 0.25) is 0 Å². The molecule has 128 valence electrons. The number of hydrogen-bond donors (Lipinski definition) is 1. The Labute approximate surface area is 142 Å². The van der Waals surface area contributed by atoms with Gasteiger partial charge in [0.1, 0.15) is 5.82 Å². The number of likely N-dealkylation sites (tertiary alicyclic amines) is 1. The Bertz CT molecular complexity index is 696. The number of nitrogens with one attached hydrogen (secondary N) is 1. The first-order valence-corrected chi connectivity index (χ1v) is 8.44. The van der Waals surface area contributed by atoms with E-state index in [1.165, 1.54) is 0 Å².